The molecule has 0 radical (unpaired) electrons. The van der Waals surface area contributed by atoms with Gasteiger partial charge in [-0.15, -0.1) is 0 Å². The van der Waals surface area contributed by atoms with Gasteiger partial charge in [-0.25, -0.2) is 9.97 Å². The Bertz CT molecular complexity index is 2700. The van der Waals surface area contributed by atoms with Crippen LogP contribution in [0.2, 0.25) is 0 Å². The van der Waals surface area contributed by atoms with Crippen LogP contribution in [0.4, 0.5) is 0 Å². The van der Waals surface area contributed by atoms with Crippen molar-refractivity contribution >= 4 is 16.7 Å². The van der Waals surface area contributed by atoms with E-state index in [-0.39, 0.29) is 0 Å². The zero-order valence-electron chi connectivity index (χ0n) is 32.3. The normalized spacial score (nSPS) is 14.9. The van der Waals surface area contributed by atoms with E-state index in [1.165, 1.54) is 33.4 Å². The van der Waals surface area contributed by atoms with Gasteiger partial charge in [0.25, 0.3) is 0 Å². The monoisotopic (exact) mass is 732 g/mol. The molecule has 1 heterocycles. The summed E-state index contributed by atoms with van der Waals surface area (Å²) in [5.74, 6) is 0. The van der Waals surface area contributed by atoms with Gasteiger partial charge in [0.15, 0.2) is 0 Å². The Labute approximate surface area is 336 Å². The summed E-state index contributed by atoms with van der Waals surface area (Å²) in [7, 11) is 0. The van der Waals surface area contributed by atoms with Crippen LogP contribution in [0.1, 0.15) is 48.4 Å². The molecule has 5 aromatic carbocycles. The lowest BCUT2D eigenvalue weighted by Gasteiger charge is -2.16. The maximum atomic E-state index is 5.47. The van der Waals surface area contributed by atoms with Gasteiger partial charge in [0.2, 0.25) is 0 Å². The van der Waals surface area contributed by atoms with Crippen LogP contribution in [-0.4, -0.2) is 9.97 Å². The number of benzene rings is 5. The second-order valence-corrected chi connectivity index (χ2v) is 14.9. The zero-order chi connectivity index (χ0) is 38.6. The Kier molecular flexibility index (Phi) is 10.1. The predicted octanol–water partition coefficient (Wildman–Crippen LogP) is 14.3. The Morgan fingerprint density at radius 1 is 0.561 bits per heavy atom. The van der Waals surface area contributed by atoms with Crippen LogP contribution in [0.3, 0.4) is 0 Å². The van der Waals surface area contributed by atoms with Gasteiger partial charge < -0.3 is 0 Å². The van der Waals surface area contributed by atoms with Crippen LogP contribution >= 0.6 is 0 Å². The summed E-state index contributed by atoms with van der Waals surface area (Å²) >= 11 is 0. The van der Waals surface area contributed by atoms with E-state index in [4.69, 9.17) is 9.97 Å². The highest BCUT2D eigenvalue weighted by molar-refractivity contribution is 5.91. The van der Waals surface area contributed by atoms with Gasteiger partial charge in [-0.05, 0) is 94.4 Å². The van der Waals surface area contributed by atoms with E-state index in [1.54, 1.807) is 0 Å². The van der Waals surface area contributed by atoms with Gasteiger partial charge in [0.05, 0.1) is 22.8 Å². The molecule has 0 N–H and O–H groups in total. The lowest BCUT2D eigenvalue weighted by atomic mass is 9.92. The fourth-order valence-electron chi connectivity index (χ4n) is 8.05. The van der Waals surface area contributed by atoms with E-state index in [1.807, 2.05) is 18.2 Å². The summed E-state index contributed by atoms with van der Waals surface area (Å²) in [6.07, 6.45) is 24.6. The van der Waals surface area contributed by atoms with Gasteiger partial charge in [-0.1, -0.05) is 189 Å². The fourth-order valence-corrected chi connectivity index (χ4v) is 8.05. The maximum Gasteiger partial charge on any atom is 0.0973 e. The summed E-state index contributed by atoms with van der Waals surface area (Å²) in [4.78, 5) is 10.9. The molecular weight excluding hydrogens is 689 g/mol. The van der Waals surface area contributed by atoms with Crippen molar-refractivity contribution in [3.8, 4) is 45.0 Å². The lowest BCUT2D eigenvalue weighted by molar-refractivity contribution is 1.02. The molecule has 0 amide bonds. The van der Waals surface area contributed by atoms with Crippen LogP contribution in [0.5, 0.6) is 0 Å². The zero-order valence-corrected chi connectivity index (χ0v) is 32.3. The molecule has 6 aromatic rings. The maximum absolute atomic E-state index is 5.47. The molecule has 0 saturated carbocycles. The van der Waals surface area contributed by atoms with Gasteiger partial charge in [0, 0.05) is 22.3 Å². The summed E-state index contributed by atoms with van der Waals surface area (Å²) < 4.78 is 0. The highest BCUT2D eigenvalue weighted by Crippen LogP contribution is 2.40. The number of aromatic nitrogens is 2. The highest BCUT2D eigenvalue weighted by atomic mass is 14.9. The minimum Gasteiger partial charge on any atom is -0.243 e. The van der Waals surface area contributed by atoms with Crippen LogP contribution in [0.15, 0.2) is 211 Å². The minimum absolute atomic E-state index is 0.847. The number of hydrogen-bond donors (Lipinski definition) is 0. The van der Waals surface area contributed by atoms with Crippen molar-refractivity contribution in [1.82, 2.24) is 9.97 Å². The van der Waals surface area contributed by atoms with Gasteiger partial charge in [-0.3, -0.25) is 0 Å². The number of allylic oxidation sites excluding steroid dienone is 15. The Morgan fingerprint density at radius 3 is 1.70 bits per heavy atom. The molecule has 0 bridgehead atoms. The first kappa shape index (κ1) is 35.8. The number of fused-ring (bicyclic) bond motifs is 2. The number of rotatable bonds is 9. The topological polar surface area (TPSA) is 25.8 Å². The van der Waals surface area contributed by atoms with Gasteiger partial charge in [0.1, 0.15) is 0 Å². The first-order chi connectivity index (χ1) is 28.1. The van der Waals surface area contributed by atoms with Crippen molar-refractivity contribution in [2.75, 3.05) is 0 Å². The summed E-state index contributed by atoms with van der Waals surface area (Å²) in [5, 5.41) is 0. The largest absolute Gasteiger partial charge is 0.243 e. The SMILES string of the molecule is C=C(/C=C(\C=C(/C)C1=CCCC=C1)c1ccc(-c2nc(-c3ccccc3)c(-c3ccccc3)nc2-c2ccccc2)cc1)c1ccc2c(c1)CC1=C2C=CCC=C1. The molecule has 3 aliphatic rings. The predicted molar refractivity (Wildman–Crippen MR) is 241 cm³/mol. The smallest absolute Gasteiger partial charge is 0.0973 e. The molecule has 0 aliphatic heterocycles. The lowest BCUT2D eigenvalue weighted by Crippen LogP contribution is -2.01. The molecule has 1 aromatic heterocycles. The molecule has 9 rings (SSSR count). The average molecular weight is 733 g/mol. The quantitative estimate of drug-likeness (QED) is 0.138. The Balaban J connectivity index is 1.13. The van der Waals surface area contributed by atoms with E-state index in [0.717, 1.165) is 93.0 Å². The molecule has 57 heavy (non-hydrogen) atoms. The molecule has 0 unspecified atom stereocenters. The second-order valence-electron chi connectivity index (χ2n) is 14.9. The number of hydrogen-bond acceptors (Lipinski definition) is 2. The van der Waals surface area contributed by atoms with Crippen molar-refractivity contribution in [2.24, 2.45) is 0 Å². The Hall–Kier alpha value is -6.90. The van der Waals surface area contributed by atoms with Crippen molar-refractivity contribution in [3.05, 3.63) is 234 Å². The average Bonchev–Trinajstić information content (AvgIpc) is 3.46. The first-order valence-electron chi connectivity index (χ1n) is 19.9. The van der Waals surface area contributed by atoms with Gasteiger partial charge >= 0.3 is 0 Å². The third-order valence-electron chi connectivity index (χ3n) is 11.1. The third-order valence-corrected chi connectivity index (χ3v) is 11.1. The van der Waals surface area contributed by atoms with Gasteiger partial charge in [-0.2, -0.15) is 0 Å². The summed E-state index contributed by atoms with van der Waals surface area (Å²) in [5.41, 5.74) is 19.8. The fraction of sp³-hybridized carbons (Fsp3) is 0.0909. The molecule has 2 heteroatoms. The molecule has 0 saturated heterocycles. The van der Waals surface area contributed by atoms with E-state index < -0.39 is 0 Å². The highest BCUT2D eigenvalue weighted by Gasteiger charge is 2.21. The van der Waals surface area contributed by atoms with Crippen molar-refractivity contribution in [3.63, 3.8) is 0 Å². The van der Waals surface area contributed by atoms with E-state index in [0.29, 0.717) is 0 Å². The molecule has 274 valence electrons. The van der Waals surface area contributed by atoms with Crippen molar-refractivity contribution in [1.29, 1.82) is 0 Å². The van der Waals surface area contributed by atoms with Crippen LogP contribution in [-0.2, 0) is 6.42 Å². The van der Waals surface area contributed by atoms with E-state index in [9.17, 15) is 0 Å². The van der Waals surface area contributed by atoms with Crippen molar-refractivity contribution in [2.45, 2.75) is 32.6 Å². The number of nitrogens with zero attached hydrogens (tertiary/aromatic N) is 2. The Morgan fingerprint density at radius 2 is 1.12 bits per heavy atom. The van der Waals surface area contributed by atoms with Crippen LogP contribution < -0.4 is 0 Å². The van der Waals surface area contributed by atoms with E-state index in [2.05, 4.69) is 183 Å². The molecule has 3 aliphatic carbocycles. The standard InChI is InChI=1S/C55H44N2/c1-38(40-18-8-3-9-19-40)34-48(35-39(2)46-32-33-51-49(36-46)37-47-26-16-7-17-27-50(47)51)41-28-30-45(31-29-41)55-54(44-24-14-6-15-25-44)56-52(42-20-10-4-11-21-42)53(57-55)43-22-12-5-13-23-43/h4-6,8,10-36H,2-3,7,9,37H2,1H3/b38-34+,48-35+. The van der Waals surface area contributed by atoms with E-state index >= 15 is 0 Å². The van der Waals surface area contributed by atoms with Crippen LogP contribution in [0, 0.1) is 0 Å². The molecule has 0 atom stereocenters. The van der Waals surface area contributed by atoms with Crippen molar-refractivity contribution < 1.29 is 0 Å². The van der Waals surface area contributed by atoms with Crippen LogP contribution in [0.25, 0.3) is 61.7 Å². The molecule has 2 nitrogen and oxygen atoms in total. The molecular formula is C55H44N2. The molecule has 0 fully saturated rings. The second kappa shape index (κ2) is 16.1. The molecule has 0 spiro atoms. The first-order valence-corrected chi connectivity index (χ1v) is 19.9. The third kappa shape index (κ3) is 7.55. The minimum atomic E-state index is 0.847. The summed E-state index contributed by atoms with van der Waals surface area (Å²) in [6.45, 7) is 6.84. The summed E-state index contributed by atoms with van der Waals surface area (Å²) in [6, 6.07) is 46.8.